The highest BCUT2D eigenvalue weighted by Crippen LogP contribution is 2.24. The summed E-state index contributed by atoms with van der Waals surface area (Å²) in [6.45, 7) is 0. The van der Waals surface area contributed by atoms with Crippen molar-refractivity contribution in [3.63, 3.8) is 0 Å². The Morgan fingerprint density at radius 3 is 2.67 bits per heavy atom. The second kappa shape index (κ2) is 5.17. The quantitative estimate of drug-likeness (QED) is 0.768. The molecule has 0 atom stereocenters. The number of benzene rings is 2. The Morgan fingerprint density at radius 2 is 1.86 bits per heavy atom. The number of aromatic nitrogens is 1. The van der Waals surface area contributed by atoms with E-state index in [-0.39, 0.29) is 11.5 Å². The van der Waals surface area contributed by atoms with Crippen LogP contribution in [0.1, 0.15) is 5.56 Å². The van der Waals surface area contributed by atoms with E-state index in [2.05, 4.69) is 16.4 Å². The summed E-state index contributed by atoms with van der Waals surface area (Å²) in [7, 11) is 0. The second-order valence-electron chi connectivity index (χ2n) is 4.41. The van der Waals surface area contributed by atoms with E-state index in [1.807, 2.05) is 6.07 Å². The van der Waals surface area contributed by atoms with Gasteiger partial charge >= 0.3 is 0 Å². The third-order valence-electron chi connectivity index (χ3n) is 3.05. The Labute approximate surface area is 119 Å². The fourth-order valence-corrected chi connectivity index (χ4v) is 2.07. The van der Waals surface area contributed by atoms with E-state index in [9.17, 15) is 14.0 Å². The zero-order chi connectivity index (χ0) is 14.8. The van der Waals surface area contributed by atoms with Crippen molar-refractivity contribution in [3.05, 3.63) is 65.7 Å². The monoisotopic (exact) mass is 281 g/mol. The lowest BCUT2D eigenvalue weighted by atomic mass is 10.1. The molecule has 0 spiro atoms. The van der Waals surface area contributed by atoms with Gasteiger partial charge < -0.3 is 5.32 Å². The van der Waals surface area contributed by atoms with Crippen LogP contribution in [0.2, 0.25) is 0 Å². The van der Waals surface area contributed by atoms with Crippen LogP contribution in [0.3, 0.4) is 0 Å². The topological polar surface area (TPSA) is 48.7 Å². The molecule has 0 aliphatic carbocycles. The van der Waals surface area contributed by atoms with Crippen LogP contribution in [-0.4, -0.2) is 4.98 Å². The molecule has 2 aromatic carbocycles. The van der Waals surface area contributed by atoms with E-state index < -0.39 is 11.6 Å². The molecular formula is C16H9F2N3. The SMILES string of the molecule is N#Cc1cc(Nc2cccc(F)c2F)nc2ccccc12. The predicted molar refractivity (Wildman–Crippen MR) is 76.1 cm³/mol. The molecule has 1 N–H and O–H groups in total. The molecule has 102 valence electrons. The van der Waals surface area contributed by atoms with Gasteiger partial charge in [-0.15, -0.1) is 0 Å². The number of halogens is 2. The number of rotatable bonds is 2. The van der Waals surface area contributed by atoms with Crippen molar-refractivity contribution in [2.45, 2.75) is 0 Å². The highest BCUT2D eigenvalue weighted by molar-refractivity contribution is 5.86. The van der Waals surface area contributed by atoms with Crippen LogP contribution in [0.5, 0.6) is 0 Å². The molecule has 3 nitrogen and oxygen atoms in total. The minimum atomic E-state index is -0.981. The van der Waals surface area contributed by atoms with Crippen molar-refractivity contribution in [1.82, 2.24) is 4.98 Å². The molecule has 0 amide bonds. The third kappa shape index (κ3) is 2.39. The van der Waals surface area contributed by atoms with E-state index in [0.717, 1.165) is 6.07 Å². The Kier molecular flexibility index (Phi) is 3.20. The lowest BCUT2D eigenvalue weighted by molar-refractivity contribution is 0.511. The zero-order valence-electron chi connectivity index (χ0n) is 10.8. The van der Waals surface area contributed by atoms with Gasteiger partial charge in [0.25, 0.3) is 0 Å². The Balaban J connectivity index is 2.09. The van der Waals surface area contributed by atoms with E-state index in [1.54, 1.807) is 18.2 Å². The van der Waals surface area contributed by atoms with Crippen LogP contribution in [0.4, 0.5) is 20.3 Å². The predicted octanol–water partition coefficient (Wildman–Crippen LogP) is 4.13. The van der Waals surface area contributed by atoms with Crippen molar-refractivity contribution in [3.8, 4) is 6.07 Å². The fourth-order valence-electron chi connectivity index (χ4n) is 2.07. The summed E-state index contributed by atoms with van der Waals surface area (Å²) in [5.41, 5.74) is 0.998. The highest BCUT2D eigenvalue weighted by Gasteiger charge is 2.10. The van der Waals surface area contributed by atoms with E-state index >= 15 is 0 Å². The maximum Gasteiger partial charge on any atom is 0.182 e. The molecule has 0 bridgehead atoms. The number of fused-ring (bicyclic) bond motifs is 1. The largest absolute Gasteiger partial charge is 0.338 e. The molecular weight excluding hydrogens is 272 g/mol. The molecule has 3 rings (SSSR count). The lowest BCUT2D eigenvalue weighted by Gasteiger charge is -2.09. The standard InChI is InChI=1S/C16H9F2N3/c17-12-5-3-7-14(16(12)18)21-15-8-10(9-19)11-4-1-2-6-13(11)20-15/h1-8H,(H,20,21). The van der Waals surface area contributed by atoms with Crippen molar-refractivity contribution in [2.75, 3.05) is 5.32 Å². The average molecular weight is 281 g/mol. The minimum absolute atomic E-state index is 0.0262. The molecule has 0 fully saturated rings. The number of nitriles is 1. The molecule has 1 heterocycles. The smallest absolute Gasteiger partial charge is 0.182 e. The number of hydrogen-bond donors (Lipinski definition) is 1. The van der Waals surface area contributed by atoms with Gasteiger partial charge in [0.2, 0.25) is 0 Å². The minimum Gasteiger partial charge on any atom is -0.338 e. The van der Waals surface area contributed by atoms with Crippen LogP contribution in [0.15, 0.2) is 48.5 Å². The molecule has 0 unspecified atom stereocenters. The van der Waals surface area contributed by atoms with Crippen LogP contribution < -0.4 is 5.32 Å². The summed E-state index contributed by atoms with van der Waals surface area (Å²) in [5.74, 6) is -1.64. The molecule has 0 saturated carbocycles. The number of anilines is 2. The van der Waals surface area contributed by atoms with E-state index in [4.69, 9.17) is 0 Å². The lowest BCUT2D eigenvalue weighted by Crippen LogP contribution is -1.99. The summed E-state index contributed by atoms with van der Waals surface area (Å²) in [4.78, 5) is 4.30. The van der Waals surface area contributed by atoms with Gasteiger partial charge in [0.15, 0.2) is 11.6 Å². The third-order valence-corrected chi connectivity index (χ3v) is 3.05. The Hall–Kier alpha value is -3.00. The first-order valence-electron chi connectivity index (χ1n) is 6.20. The van der Waals surface area contributed by atoms with Gasteiger partial charge in [-0.1, -0.05) is 24.3 Å². The number of para-hydroxylation sites is 1. The van der Waals surface area contributed by atoms with Gasteiger partial charge in [0.05, 0.1) is 22.8 Å². The summed E-state index contributed by atoms with van der Waals surface area (Å²) in [5, 5.41) is 12.6. The summed E-state index contributed by atoms with van der Waals surface area (Å²) in [6, 6.07) is 14.6. The van der Waals surface area contributed by atoms with E-state index in [0.29, 0.717) is 16.5 Å². The summed E-state index contributed by atoms with van der Waals surface area (Å²) in [6.07, 6.45) is 0. The molecule has 0 radical (unpaired) electrons. The molecule has 0 aliphatic rings. The highest BCUT2D eigenvalue weighted by atomic mass is 19.2. The van der Waals surface area contributed by atoms with Crippen molar-refractivity contribution < 1.29 is 8.78 Å². The van der Waals surface area contributed by atoms with Gasteiger partial charge in [-0.3, -0.25) is 0 Å². The number of nitrogens with one attached hydrogen (secondary N) is 1. The van der Waals surface area contributed by atoms with Crippen LogP contribution >= 0.6 is 0 Å². The Bertz CT molecular complexity index is 869. The van der Waals surface area contributed by atoms with Crippen LogP contribution in [-0.2, 0) is 0 Å². The second-order valence-corrected chi connectivity index (χ2v) is 4.41. The summed E-state index contributed by atoms with van der Waals surface area (Å²) >= 11 is 0. The first-order valence-corrected chi connectivity index (χ1v) is 6.20. The molecule has 21 heavy (non-hydrogen) atoms. The molecule has 0 aliphatic heterocycles. The maximum atomic E-state index is 13.7. The van der Waals surface area contributed by atoms with Gasteiger partial charge in [-0.05, 0) is 24.3 Å². The maximum absolute atomic E-state index is 13.7. The molecule has 5 heteroatoms. The average Bonchev–Trinajstić information content (AvgIpc) is 2.51. The number of nitrogens with zero attached hydrogens (tertiary/aromatic N) is 2. The molecule has 3 aromatic rings. The first-order chi connectivity index (χ1) is 10.2. The Morgan fingerprint density at radius 1 is 1.05 bits per heavy atom. The van der Waals surface area contributed by atoms with Gasteiger partial charge in [0, 0.05) is 5.39 Å². The fraction of sp³-hybridized carbons (Fsp3) is 0. The molecule has 1 aromatic heterocycles. The van der Waals surface area contributed by atoms with Crippen LogP contribution in [0.25, 0.3) is 10.9 Å². The van der Waals surface area contributed by atoms with Crippen molar-refractivity contribution in [2.24, 2.45) is 0 Å². The van der Waals surface area contributed by atoms with Gasteiger partial charge in [0.1, 0.15) is 5.82 Å². The molecule has 0 saturated heterocycles. The van der Waals surface area contributed by atoms with Crippen molar-refractivity contribution >= 4 is 22.4 Å². The van der Waals surface area contributed by atoms with Crippen LogP contribution in [0, 0.1) is 23.0 Å². The van der Waals surface area contributed by atoms with Gasteiger partial charge in [-0.2, -0.15) is 5.26 Å². The first kappa shape index (κ1) is 13.0. The number of hydrogen-bond acceptors (Lipinski definition) is 3. The normalized spacial score (nSPS) is 10.3. The number of pyridine rings is 1. The summed E-state index contributed by atoms with van der Waals surface area (Å²) < 4.78 is 26.8. The van der Waals surface area contributed by atoms with Gasteiger partial charge in [-0.25, -0.2) is 13.8 Å². The van der Waals surface area contributed by atoms with E-state index in [1.165, 1.54) is 18.2 Å². The van der Waals surface area contributed by atoms with Crippen molar-refractivity contribution in [1.29, 1.82) is 5.26 Å². The zero-order valence-corrected chi connectivity index (χ0v) is 10.8.